The number of unbranched alkanes of at least 4 members (excludes halogenated alkanes) is 1. The van der Waals surface area contributed by atoms with Crippen LogP contribution in [0.25, 0.3) is 0 Å². The summed E-state index contributed by atoms with van der Waals surface area (Å²) in [5, 5.41) is 8.98. The zero-order valence-electron chi connectivity index (χ0n) is 10.6. The monoisotopic (exact) mass is 235 g/mol. The maximum atomic E-state index is 10.9. The van der Waals surface area contributed by atoms with Gasteiger partial charge < -0.3 is 10.0 Å². The highest BCUT2D eigenvalue weighted by molar-refractivity contribution is 5.70. The van der Waals surface area contributed by atoms with Gasteiger partial charge in [0.25, 0.3) is 0 Å². The van der Waals surface area contributed by atoms with Crippen LogP contribution in [0.2, 0.25) is 0 Å². The van der Waals surface area contributed by atoms with Crippen molar-refractivity contribution in [3.63, 3.8) is 0 Å². The molecule has 0 bridgehead atoms. The Morgan fingerprint density at radius 3 is 2.53 bits per heavy atom. The second kappa shape index (κ2) is 6.94. The summed E-state index contributed by atoms with van der Waals surface area (Å²) in [4.78, 5) is 13.1. The molecule has 0 fully saturated rings. The van der Waals surface area contributed by atoms with Crippen molar-refractivity contribution in [3.8, 4) is 0 Å². The highest BCUT2D eigenvalue weighted by Gasteiger charge is 2.15. The van der Waals surface area contributed by atoms with Gasteiger partial charge in [-0.1, -0.05) is 38.5 Å². The molecule has 3 nitrogen and oxygen atoms in total. The molecule has 0 aromatic heterocycles. The Labute approximate surface area is 103 Å². The predicted molar refractivity (Wildman–Crippen MR) is 70.4 cm³/mol. The number of hydrogen-bond acceptors (Lipinski definition) is 2. The minimum absolute atomic E-state index is 0.341. The standard InChI is InChI=1S/C14H21NO2/c1-3-4-10-15(11-12(2)14(16)17)13-8-6-5-7-9-13/h5-9,12H,3-4,10-11H2,1-2H3,(H,16,17). The average Bonchev–Trinajstić information content (AvgIpc) is 2.35. The van der Waals surface area contributed by atoms with Crippen LogP contribution in [0.1, 0.15) is 26.7 Å². The number of carboxylic acid groups (broad SMARTS) is 1. The minimum atomic E-state index is -0.734. The number of anilines is 1. The lowest BCUT2D eigenvalue weighted by Crippen LogP contribution is -2.32. The number of hydrogen-bond donors (Lipinski definition) is 1. The second-order valence-corrected chi connectivity index (χ2v) is 4.37. The summed E-state index contributed by atoms with van der Waals surface area (Å²) in [6.07, 6.45) is 2.20. The molecule has 0 saturated heterocycles. The van der Waals surface area contributed by atoms with Gasteiger partial charge in [0, 0.05) is 18.8 Å². The lowest BCUT2D eigenvalue weighted by atomic mass is 10.1. The van der Waals surface area contributed by atoms with Crippen molar-refractivity contribution in [3.05, 3.63) is 30.3 Å². The highest BCUT2D eigenvalue weighted by atomic mass is 16.4. The first-order valence-electron chi connectivity index (χ1n) is 6.18. The Morgan fingerprint density at radius 1 is 1.35 bits per heavy atom. The molecule has 1 atom stereocenters. The van der Waals surface area contributed by atoms with E-state index in [1.54, 1.807) is 6.92 Å². The Hall–Kier alpha value is -1.51. The van der Waals surface area contributed by atoms with Crippen molar-refractivity contribution in [2.24, 2.45) is 5.92 Å². The third kappa shape index (κ3) is 4.47. The van der Waals surface area contributed by atoms with Gasteiger partial charge in [-0.05, 0) is 18.6 Å². The minimum Gasteiger partial charge on any atom is -0.481 e. The quantitative estimate of drug-likeness (QED) is 0.789. The fraction of sp³-hybridized carbons (Fsp3) is 0.500. The third-order valence-electron chi connectivity index (χ3n) is 2.82. The SMILES string of the molecule is CCCCN(CC(C)C(=O)O)c1ccccc1. The molecule has 1 aromatic carbocycles. The number of carbonyl (C=O) groups is 1. The summed E-state index contributed by atoms with van der Waals surface area (Å²) in [6, 6.07) is 10.0. The van der Waals surface area contributed by atoms with Crippen molar-refractivity contribution in [2.75, 3.05) is 18.0 Å². The van der Waals surface area contributed by atoms with Crippen LogP contribution in [0.3, 0.4) is 0 Å². The number of aliphatic carboxylic acids is 1. The van der Waals surface area contributed by atoms with Crippen molar-refractivity contribution in [1.29, 1.82) is 0 Å². The Kier molecular flexibility index (Phi) is 5.53. The molecule has 0 amide bonds. The Bertz CT molecular complexity index is 337. The number of carboxylic acids is 1. The molecular weight excluding hydrogens is 214 g/mol. The van der Waals surface area contributed by atoms with Crippen LogP contribution in [0.4, 0.5) is 5.69 Å². The molecule has 0 aliphatic rings. The van der Waals surface area contributed by atoms with Gasteiger partial charge >= 0.3 is 5.97 Å². The summed E-state index contributed by atoms with van der Waals surface area (Å²) in [7, 11) is 0. The van der Waals surface area contributed by atoms with E-state index in [9.17, 15) is 4.79 Å². The smallest absolute Gasteiger partial charge is 0.308 e. The molecule has 1 aromatic rings. The molecular formula is C14H21NO2. The van der Waals surface area contributed by atoms with E-state index in [2.05, 4.69) is 11.8 Å². The number of nitrogens with zero attached hydrogens (tertiary/aromatic N) is 1. The number of para-hydroxylation sites is 1. The molecule has 1 unspecified atom stereocenters. The molecule has 0 radical (unpaired) electrons. The van der Waals surface area contributed by atoms with E-state index in [4.69, 9.17) is 5.11 Å². The van der Waals surface area contributed by atoms with E-state index in [0.29, 0.717) is 6.54 Å². The maximum Gasteiger partial charge on any atom is 0.308 e. The molecule has 0 aliphatic heterocycles. The second-order valence-electron chi connectivity index (χ2n) is 4.37. The molecule has 94 valence electrons. The van der Waals surface area contributed by atoms with Crippen LogP contribution < -0.4 is 4.90 Å². The van der Waals surface area contributed by atoms with E-state index in [0.717, 1.165) is 25.1 Å². The van der Waals surface area contributed by atoms with Gasteiger partial charge in [-0.25, -0.2) is 0 Å². The molecule has 3 heteroatoms. The summed E-state index contributed by atoms with van der Waals surface area (Å²) >= 11 is 0. The van der Waals surface area contributed by atoms with Crippen molar-refractivity contribution >= 4 is 11.7 Å². The molecule has 0 saturated carbocycles. The first-order chi connectivity index (χ1) is 8.15. The zero-order chi connectivity index (χ0) is 12.7. The maximum absolute atomic E-state index is 10.9. The van der Waals surface area contributed by atoms with Crippen molar-refractivity contribution < 1.29 is 9.90 Å². The van der Waals surface area contributed by atoms with Crippen LogP contribution in [0.5, 0.6) is 0 Å². The van der Waals surface area contributed by atoms with Gasteiger partial charge in [0.05, 0.1) is 5.92 Å². The molecule has 0 heterocycles. The first-order valence-corrected chi connectivity index (χ1v) is 6.18. The van der Waals surface area contributed by atoms with Gasteiger partial charge in [0.15, 0.2) is 0 Å². The lowest BCUT2D eigenvalue weighted by molar-refractivity contribution is -0.140. The highest BCUT2D eigenvalue weighted by Crippen LogP contribution is 2.16. The van der Waals surface area contributed by atoms with E-state index >= 15 is 0 Å². The van der Waals surface area contributed by atoms with E-state index in [1.165, 1.54) is 0 Å². The third-order valence-corrected chi connectivity index (χ3v) is 2.82. The van der Waals surface area contributed by atoms with E-state index in [-0.39, 0.29) is 5.92 Å². The van der Waals surface area contributed by atoms with E-state index < -0.39 is 5.97 Å². The van der Waals surface area contributed by atoms with Gasteiger partial charge in [-0.15, -0.1) is 0 Å². The summed E-state index contributed by atoms with van der Waals surface area (Å²) in [5.74, 6) is -1.07. The van der Waals surface area contributed by atoms with Crippen LogP contribution in [-0.2, 0) is 4.79 Å². The lowest BCUT2D eigenvalue weighted by Gasteiger charge is -2.26. The molecule has 17 heavy (non-hydrogen) atoms. The Morgan fingerprint density at radius 2 is 2.00 bits per heavy atom. The van der Waals surface area contributed by atoms with Crippen molar-refractivity contribution in [2.45, 2.75) is 26.7 Å². The van der Waals surface area contributed by atoms with Crippen LogP contribution in [-0.4, -0.2) is 24.2 Å². The van der Waals surface area contributed by atoms with Gasteiger partial charge in [-0.3, -0.25) is 4.79 Å². The molecule has 0 spiro atoms. The number of rotatable bonds is 7. The summed E-state index contributed by atoms with van der Waals surface area (Å²) < 4.78 is 0. The molecule has 1 rings (SSSR count). The summed E-state index contributed by atoms with van der Waals surface area (Å²) in [5.41, 5.74) is 1.11. The van der Waals surface area contributed by atoms with Crippen molar-refractivity contribution in [1.82, 2.24) is 0 Å². The van der Waals surface area contributed by atoms with Gasteiger partial charge in [0.2, 0.25) is 0 Å². The molecule has 1 N–H and O–H groups in total. The topological polar surface area (TPSA) is 40.5 Å². The largest absolute Gasteiger partial charge is 0.481 e. The van der Waals surface area contributed by atoms with Crippen LogP contribution >= 0.6 is 0 Å². The van der Waals surface area contributed by atoms with Crippen LogP contribution in [0, 0.1) is 5.92 Å². The normalized spacial score (nSPS) is 12.1. The van der Waals surface area contributed by atoms with Gasteiger partial charge in [-0.2, -0.15) is 0 Å². The number of benzene rings is 1. The van der Waals surface area contributed by atoms with Gasteiger partial charge in [0.1, 0.15) is 0 Å². The Balaban J connectivity index is 2.70. The zero-order valence-corrected chi connectivity index (χ0v) is 10.6. The average molecular weight is 235 g/mol. The molecule has 0 aliphatic carbocycles. The fourth-order valence-electron chi connectivity index (χ4n) is 1.72. The predicted octanol–water partition coefficient (Wildman–Crippen LogP) is 3.01. The summed E-state index contributed by atoms with van der Waals surface area (Å²) in [6.45, 7) is 5.38. The first kappa shape index (κ1) is 13.6. The van der Waals surface area contributed by atoms with Crippen LogP contribution in [0.15, 0.2) is 30.3 Å². The van der Waals surface area contributed by atoms with E-state index in [1.807, 2.05) is 30.3 Å². The fourth-order valence-corrected chi connectivity index (χ4v) is 1.72.